The fourth-order valence-electron chi connectivity index (χ4n) is 2.60. The minimum atomic E-state index is -0.236. The topological polar surface area (TPSA) is 62.3 Å². The van der Waals surface area contributed by atoms with Gasteiger partial charge in [-0.05, 0) is 26.0 Å². The first-order chi connectivity index (χ1) is 12.9. The van der Waals surface area contributed by atoms with Crippen LogP contribution in [-0.4, -0.2) is 35.3 Å². The van der Waals surface area contributed by atoms with Crippen LogP contribution >= 0.6 is 11.3 Å². The number of carbonyl (C=O) groups is 2. The monoisotopic (exact) mass is 379 g/mol. The highest BCUT2D eigenvalue weighted by Gasteiger charge is 2.21. The lowest BCUT2D eigenvalue weighted by molar-refractivity contribution is -0.116. The minimum Gasteiger partial charge on any atom is -0.332 e. The summed E-state index contributed by atoms with van der Waals surface area (Å²) in [7, 11) is 1.62. The van der Waals surface area contributed by atoms with Crippen LogP contribution in [0.5, 0.6) is 0 Å². The molecule has 2 aromatic carbocycles. The average molecular weight is 379 g/mol. The van der Waals surface area contributed by atoms with Crippen LogP contribution in [0.25, 0.3) is 10.6 Å². The lowest BCUT2D eigenvalue weighted by Crippen LogP contribution is -2.34. The van der Waals surface area contributed by atoms with E-state index in [1.807, 2.05) is 68.4 Å². The Kier molecular flexibility index (Phi) is 5.66. The van der Waals surface area contributed by atoms with Crippen molar-refractivity contribution in [3.8, 4) is 10.6 Å². The molecule has 6 heteroatoms. The quantitative estimate of drug-likeness (QED) is 0.725. The largest absolute Gasteiger partial charge is 0.332 e. The molecule has 1 aromatic heterocycles. The normalized spacial score (nSPS) is 10.5. The number of carbonyl (C=O) groups excluding carboxylic acids is 2. The van der Waals surface area contributed by atoms with Gasteiger partial charge in [-0.25, -0.2) is 4.98 Å². The van der Waals surface area contributed by atoms with Crippen LogP contribution in [0, 0.1) is 13.8 Å². The summed E-state index contributed by atoms with van der Waals surface area (Å²) in [6.45, 7) is 3.78. The predicted octanol–water partition coefficient (Wildman–Crippen LogP) is 4.14. The highest BCUT2D eigenvalue weighted by atomic mass is 32.1. The zero-order chi connectivity index (χ0) is 19.4. The third-order valence-electron chi connectivity index (χ3n) is 4.07. The van der Waals surface area contributed by atoms with Crippen molar-refractivity contribution in [3.05, 3.63) is 70.7 Å². The number of thiazole rings is 1. The first-order valence-electron chi connectivity index (χ1n) is 8.59. The molecule has 0 aliphatic carbocycles. The number of nitrogens with one attached hydrogen (secondary N) is 1. The van der Waals surface area contributed by atoms with Crippen molar-refractivity contribution in [2.75, 3.05) is 18.9 Å². The highest BCUT2D eigenvalue weighted by molar-refractivity contribution is 7.17. The van der Waals surface area contributed by atoms with E-state index in [2.05, 4.69) is 10.3 Å². The summed E-state index contributed by atoms with van der Waals surface area (Å²) in [5, 5.41) is 3.61. The fraction of sp³-hybridized carbons (Fsp3) is 0.190. The van der Waals surface area contributed by atoms with Gasteiger partial charge in [0.1, 0.15) is 9.88 Å². The number of amides is 2. The third kappa shape index (κ3) is 4.60. The van der Waals surface area contributed by atoms with Gasteiger partial charge in [-0.1, -0.05) is 48.0 Å². The maximum absolute atomic E-state index is 12.8. The molecule has 0 radical (unpaired) electrons. The summed E-state index contributed by atoms with van der Waals surface area (Å²) < 4.78 is 0. The van der Waals surface area contributed by atoms with Crippen molar-refractivity contribution in [1.29, 1.82) is 0 Å². The van der Waals surface area contributed by atoms with Crippen LogP contribution in [0.15, 0.2) is 54.6 Å². The van der Waals surface area contributed by atoms with Crippen LogP contribution in [0.3, 0.4) is 0 Å². The van der Waals surface area contributed by atoms with E-state index in [1.54, 1.807) is 7.05 Å². The molecule has 0 aliphatic heterocycles. The number of rotatable bonds is 5. The number of aryl methyl sites for hydroxylation is 2. The van der Waals surface area contributed by atoms with E-state index in [1.165, 1.54) is 16.2 Å². The van der Waals surface area contributed by atoms with Crippen molar-refractivity contribution < 1.29 is 9.59 Å². The van der Waals surface area contributed by atoms with E-state index in [4.69, 9.17) is 0 Å². The number of nitrogens with zero attached hydrogens (tertiary/aromatic N) is 2. The van der Waals surface area contributed by atoms with Gasteiger partial charge in [0.05, 0.1) is 12.2 Å². The molecule has 27 heavy (non-hydrogen) atoms. The highest BCUT2D eigenvalue weighted by Crippen LogP contribution is 2.28. The predicted molar refractivity (Wildman–Crippen MR) is 109 cm³/mol. The van der Waals surface area contributed by atoms with Crippen LogP contribution in [0.2, 0.25) is 0 Å². The Morgan fingerprint density at radius 2 is 1.70 bits per heavy atom. The molecule has 1 N–H and O–H groups in total. The molecule has 3 rings (SSSR count). The number of hydrogen-bond donors (Lipinski definition) is 1. The summed E-state index contributed by atoms with van der Waals surface area (Å²) in [6, 6.07) is 17.3. The average Bonchev–Trinajstić information content (AvgIpc) is 3.05. The number of aromatic nitrogens is 1. The smallest absolute Gasteiger partial charge is 0.266 e. The maximum Gasteiger partial charge on any atom is 0.266 e. The molecular weight excluding hydrogens is 358 g/mol. The molecule has 0 fully saturated rings. The van der Waals surface area contributed by atoms with Crippen molar-refractivity contribution >= 4 is 28.8 Å². The summed E-state index contributed by atoms with van der Waals surface area (Å²) in [4.78, 5) is 31.5. The molecule has 2 amide bonds. The SMILES string of the molecule is Cc1ccc(NC(=O)CN(C)C(=O)c2sc(-c3ccccc3)nc2C)cc1. The molecule has 5 nitrogen and oxygen atoms in total. The van der Waals surface area contributed by atoms with Gasteiger partial charge in [-0.2, -0.15) is 0 Å². The number of hydrogen-bond acceptors (Lipinski definition) is 4. The Balaban J connectivity index is 1.67. The molecule has 138 valence electrons. The van der Waals surface area contributed by atoms with Gasteiger partial charge < -0.3 is 10.2 Å². The van der Waals surface area contributed by atoms with E-state index >= 15 is 0 Å². The second-order valence-corrected chi connectivity index (χ2v) is 7.37. The van der Waals surface area contributed by atoms with Gasteiger partial charge >= 0.3 is 0 Å². The molecule has 0 spiro atoms. The molecular formula is C21H21N3O2S. The molecule has 0 saturated heterocycles. The van der Waals surface area contributed by atoms with E-state index in [0.717, 1.165) is 16.1 Å². The summed E-state index contributed by atoms with van der Waals surface area (Å²) in [5.74, 6) is -0.439. The Bertz CT molecular complexity index is 949. The molecule has 0 saturated carbocycles. The van der Waals surface area contributed by atoms with Gasteiger partial charge in [0, 0.05) is 18.3 Å². The van der Waals surface area contributed by atoms with E-state index in [0.29, 0.717) is 16.3 Å². The molecule has 0 atom stereocenters. The van der Waals surface area contributed by atoms with Gasteiger partial charge in [-0.3, -0.25) is 9.59 Å². The lowest BCUT2D eigenvalue weighted by Gasteiger charge is -2.16. The third-order valence-corrected chi connectivity index (χ3v) is 5.27. The lowest BCUT2D eigenvalue weighted by atomic mass is 10.2. The van der Waals surface area contributed by atoms with Gasteiger partial charge in [0.15, 0.2) is 0 Å². The Labute approximate surface area is 162 Å². The zero-order valence-corrected chi connectivity index (χ0v) is 16.3. The van der Waals surface area contributed by atoms with Crippen molar-refractivity contribution in [2.45, 2.75) is 13.8 Å². The Morgan fingerprint density at radius 3 is 2.37 bits per heavy atom. The fourth-order valence-corrected chi connectivity index (χ4v) is 3.66. The molecule has 1 heterocycles. The van der Waals surface area contributed by atoms with E-state index in [9.17, 15) is 9.59 Å². The van der Waals surface area contributed by atoms with Gasteiger partial charge in [-0.15, -0.1) is 11.3 Å². The zero-order valence-electron chi connectivity index (χ0n) is 15.5. The van der Waals surface area contributed by atoms with Gasteiger partial charge in [0.25, 0.3) is 5.91 Å². The Morgan fingerprint density at radius 1 is 1.04 bits per heavy atom. The van der Waals surface area contributed by atoms with Gasteiger partial charge in [0.2, 0.25) is 5.91 Å². The van der Waals surface area contributed by atoms with Crippen molar-refractivity contribution in [2.24, 2.45) is 0 Å². The van der Waals surface area contributed by atoms with Crippen LogP contribution in [0.1, 0.15) is 20.9 Å². The van der Waals surface area contributed by atoms with E-state index in [-0.39, 0.29) is 18.4 Å². The van der Waals surface area contributed by atoms with Crippen molar-refractivity contribution in [1.82, 2.24) is 9.88 Å². The summed E-state index contributed by atoms with van der Waals surface area (Å²) in [5.41, 5.74) is 3.49. The first-order valence-corrected chi connectivity index (χ1v) is 9.40. The first kappa shape index (κ1) is 18.8. The number of likely N-dealkylation sites (N-methyl/N-ethyl adjacent to an activating group) is 1. The van der Waals surface area contributed by atoms with Crippen molar-refractivity contribution in [3.63, 3.8) is 0 Å². The Hall–Kier alpha value is -2.99. The summed E-state index contributed by atoms with van der Waals surface area (Å²) in [6.07, 6.45) is 0. The molecule has 0 bridgehead atoms. The van der Waals surface area contributed by atoms with Crippen LogP contribution < -0.4 is 5.32 Å². The second-order valence-electron chi connectivity index (χ2n) is 6.37. The van der Waals surface area contributed by atoms with E-state index < -0.39 is 0 Å². The van der Waals surface area contributed by atoms with Crippen LogP contribution in [0.4, 0.5) is 5.69 Å². The molecule has 3 aromatic rings. The summed E-state index contributed by atoms with van der Waals surface area (Å²) >= 11 is 1.35. The standard InChI is InChI=1S/C21H21N3O2S/c1-14-9-11-17(12-10-14)23-18(25)13-24(3)21(26)19-15(2)22-20(27-19)16-7-5-4-6-8-16/h4-12H,13H2,1-3H3,(H,23,25). The number of benzene rings is 2. The second kappa shape index (κ2) is 8.14. The number of anilines is 1. The minimum absolute atomic E-state index is 0.0231. The van der Waals surface area contributed by atoms with Crippen LogP contribution in [-0.2, 0) is 4.79 Å². The molecule has 0 aliphatic rings. The molecule has 0 unspecified atom stereocenters. The maximum atomic E-state index is 12.8.